The minimum absolute atomic E-state index is 0.0579. The lowest BCUT2D eigenvalue weighted by Crippen LogP contribution is -2.47. The number of fused-ring (bicyclic) bond motifs is 5. The molecule has 0 aromatic heterocycles. The Morgan fingerprint density at radius 3 is 2.41 bits per heavy atom. The lowest BCUT2D eigenvalue weighted by molar-refractivity contribution is -0.284. The predicted octanol–water partition coefficient (Wildman–Crippen LogP) is 9.80. The van der Waals surface area contributed by atoms with Crippen LogP contribution in [0.15, 0.2) is 42.5 Å². The zero-order chi connectivity index (χ0) is 36.4. The first-order chi connectivity index (χ1) is 24.3. The smallest absolute Gasteiger partial charge is 0.410 e. The van der Waals surface area contributed by atoms with Gasteiger partial charge in [-0.15, -0.1) is 0 Å². The number of nitrogens with one attached hydrogen (secondary N) is 1. The molecule has 3 aliphatic carbocycles. The second kappa shape index (κ2) is 15.8. The van der Waals surface area contributed by atoms with E-state index >= 15 is 0 Å². The van der Waals surface area contributed by atoms with Crippen molar-refractivity contribution in [2.75, 3.05) is 37.1 Å². The molecule has 1 N–H and O–H groups in total. The minimum atomic E-state index is -5.59. The highest BCUT2D eigenvalue weighted by molar-refractivity contribution is 7.84. The topological polar surface area (TPSA) is 73.9 Å². The van der Waals surface area contributed by atoms with Crippen molar-refractivity contribution in [1.29, 1.82) is 0 Å². The second-order valence-corrected chi connectivity index (χ2v) is 17.0. The summed E-state index contributed by atoms with van der Waals surface area (Å²) in [5, 5.41) is 2.84. The van der Waals surface area contributed by atoms with Gasteiger partial charge in [0.2, 0.25) is 0 Å². The molecule has 12 heteroatoms. The number of anilines is 1. The van der Waals surface area contributed by atoms with Crippen LogP contribution in [0.4, 0.5) is 32.4 Å². The van der Waals surface area contributed by atoms with Crippen LogP contribution in [-0.4, -0.2) is 60.3 Å². The summed E-state index contributed by atoms with van der Waals surface area (Å²) in [6.07, 6.45) is 0.457. The number of hydrogen-bond donors (Lipinski definition) is 1. The van der Waals surface area contributed by atoms with Gasteiger partial charge in [0, 0.05) is 54.7 Å². The molecule has 0 bridgehead atoms. The van der Waals surface area contributed by atoms with E-state index in [2.05, 4.69) is 18.3 Å². The van der Waals surface area contributed by atoms with Gasteiger partial charge in [0.25, 0.3) is 0 Å². The monoisotopic (exact) mass is 739 g/mol. The Labute approximate surface area is 300 Å². The predicted molar refractivity (Wildman–Crippen MR) is 187 cm³/mol. The van der Waals surface area contributed by atoms with Crippen LogP contribution in [0.2, 0.25) is 0 Å². The third kappa shape index (κ3) is 8.48. The van der Waals surface area contributed by atoms with Crippen molar-refractivity contribution < 1.29 is 45.2 Å². The quantitative estimate of drug-likeness (QED) is 0.220. The molecule has 4 aliphatic rings. The van der Waals surface area contributed by atoms with Crippen LogP contribution in [-0.2, 0) is 26.7 Å². The van der Waals surface area contributed by atoms with Crippen LogP contribution in [0, 0.1) is 23.2 Å². The fraction of sp³-hybridized carbons (Fsp3) is 0.667. The number of halogens is 5. The second-order valence-electron chi connectivity index (χ2n) is 15.3. The van der Waals surface area contributed by atoms with Crippen LogP contribution in [0.25, 0.3) is 0 Å². The van der Waals surface area contributed by atoms with E-state index < -0.39 is 41.8 Å². The number of alkyl halides is 5. The molecular weight excluding hydrogens is 689 g/mol. The lowest BCUT2D eigenvalue weighted by atomic mass is 9.52. The van der Waals surface area contributed by atoms with Crippen molar-refractivity contribution in [3.05, 3.63) is 59.2 Å². The molecule has 1 heterocycles. The van der Waals surface area contributed by atoms with Crippen LogP contribution >= 0.6 is 0 Å². The number of carbonyl (C=O) groups excluding carboxylic acids is 1. The van der Waals surface area contributed by atoms with Gasteiger partial charge < -0.3 is 14.2 Å². The number of hydrogen-bond acceptors (Lipinski definition) is 5. The van der Waals surface area contributed by atoms with E-state index in [-0.39, 0.29) is 28.9 Å². The number of carbonyl (C=O) groups is 1. The number of benzene rings is 2. The van der Waals surface area contributed by atoms with Gasteiger partial charge in [0.1, 0.15) is 5.75 Å². The van der Waals surface area contributed by atoms with E-state index in [9.17, 15) is 31.0 Å². The highest BCUT2D eigenvalue weighted by Crippen LogP contribution is 2.63. The molecule has 7 atom stereocenters. The summed E-state index contributed by atoms with van der Waals surface area (Å²) < 4.78 is 94.2. The third-order valence-electron chi connectivity index (χ3n) is 12.4. The standard InChI is InChI=1S/C39H50F5NO5S/c1-37-18-14-32-31-11-10-30(50-36(46)45-29-8-6-25(7-9-29)26-15-19-49-20-16-26)24-28(31)23-27(35(32)33(37)12-13-34(37)48-2)5-3-21-51(47)22-4-17-38(40,41)39(42,43)44/h6-11,24,26-27,32-35H,3-5,12-23H2,1-2H3,(H,45,46)/t27-,32-,33+,34+,35-,37+,51?/m1/s1. The van der Waals surface area contributed by atoms with Crippen molar-refractivity contribution >= 4 is 22.6 Å². The average Bonchev–Trinajstić information content (AvgIpc) is 3.44. The molecule has 2 saturated carbocycles. The molecule has 2 aromatic carbocycles. The van der Waals surface area contributed by atoms with Gasteiger partial charge in [-0.1, -0.05) is 25.1 Å². The van der Waals surface area contributed by atoms with Crippen molar-refractivity contribution in [2.45, 2.75) is 108 Å². The largest absolute Gasteiger partial charge is 0.453 e. The van der Waals surface area contributed by atoms with Crippen molar-refractivity contribution in [3.8, 4) is 5.75 Å². The van der Waals surface area contributed by atoms with E-state index in [1.165, 1.54) is 11.1 Å². The number of amides is 1. The van der Waals surface area contributed by atoms with E-state index in [1.54, 1.807) is 7.11 Å². The van der Waals surface area contributed by atoms with E-state index in [4.69, 9.17) is 14.2 Å². The Morgan fingerprint density at radius 1 is 0.980 bits per heavy atom. The maximum Gasteiger partial charge on any atom is 0.453 e. The summed E-state index contributed by atoms with van der Waals surface area (Å²) in [6, 6.07) is 13.8. The van der Waals surface area contributed by atoms with Crippen LogP contribution in [0.3, 0.4) is 0 Å². The Balaban J connectivity index is 1.11. The van der Waals surface area contributed by atoms with E-state index in [0.717, 1.165) is 70.1 Å². The molecule has 3 fully saturated rings. The zero-order valence-corrected chi connectivity index (χ0v) is 30.3. The summed E-state index contributed by atoms with van der Waals surface area (Å²) in [5.41, 5.74) is 4.36. The Morgan fingerprint density at radius 2 is 1.71 bits per heavy atom. The molecule has 0 radical (unpaired) electrons. The highest BCUT2D eigenvalue weighted by Gasteiger charge is 2.58. The van der Waals surface area contributed by atoms with E-state index in [0.29, 0.717) is 41.5 Å². The first-order valence-corrected chi connectivity index (χ1v) is 19.9. The molecule has 6 rings (SSSR count). The van der Waals surface area contributed by atoms with Gasteiger partial charge >= 0.3 is 18.2 Å². The van der Waals surface area contributed by atoms with Crippen LogP contribution in [0.5, 0.6) is 5.75 Å². The lowest BCUT2D eigenvalue weighted by Gasteiger charge is -2.53. The van der Waals surface area contributed by atoms with Gasteiger partial charge in [-0.2, -0.15) is 22.0 Å². The maximum atomic E-state index is 13.3. The fourth-order valence-corrected chi connectivity index (χ4v) is 10.9. The summed E-state index contributed by atoms with van der Waals surface area (Å²) >= 11 is 0. The van der Waals surface area contributed by atoms with Crippen molar-refractivity contribution in [1.82, 2.24) is 0 Å². The first kappa shape index (κ1) is 38.2. The molecule has 51 heavy (non-hydrogen) atoms. The van der Waals surface area contributed by atoms with Gasteiger partial charge in [0.05, 0.1) is 6.10 Å². The van der Waals surface area contributed by atoms with Crippen LogP contribution in [0.1, 0.15) is 99.7 Å². The Kier molecular flexibility index (Phi) is 11.8. The molecule has 6 nitrogen and oxygen atoms in total. The highest BCUT2D eigenvalue weighted by atomic mass is 32.2. The first-order valence-electron chi connectivity index (χ1n) is 18.4. The molecule has 1 saturated heterocycles. The molecule has 0 spiro atoms. The van der Waals surface area contributed by atoms with Gasteiger partial charge in [0.15, 0.2) is 0 Å². The SMILES string of the molecule is CO[C@H]1CC[C@H]2[C@@H]3[C@H](CCCS(=O)CCCC(F)(F)C(F)(F)F)Cc4cc(OC(=O)Nc5ccc(C6CCOCC6)cc5)ccc4[C@H]3CC[C@]12C. The number of rotatable bonds is 12. The van der Waals surface area contributed by atoms with Crippen molar-refractivity contribution in [2.24, 2.45) is 23.2 Å². The normalized spacial score (nSPS) is 28.7. The van der Waals surface area contributed by atoms with E-state index in [1.807, 2.05) is 36.4 Å². The van der Waals surface area contributed by atoms with Gasteiger partial charge in [-0.3, -0.25) is 9.53 Å². The molecule has 282 valence electrons. The number of methoxy groups -OCH3 is 1. The number of ether oxygens (including phenoxy) is 3. The van der Waals surface area contributed by atoms with Crippen molar-refractivity contribution in [3.63, 3.8) is 0 Å². The molecule has 1 unspecified atom stereocenters. The molecule has 1 aliphatic heterocycles. The molecule has 2 aromatic rings. The summed E-state index contributed by atoms with van der Waals surface area (Å²) in [5.74, 6) is -2.35. The van der Waals surface area contributed by atoms with Gasteiger partial charge in [-0.05, 0) is 140 Å². The summed E-state index contributed by atoms with van der Waals surface area (Å²) in [6.45, 7) is 3.87. The molecule has 1 amide bonds. The average molecular weight is 740 g/mol. The van der Waals surface area contributed by atoms with Gasteiger partial charge in [-0.25, -0.2) is 4.79 Å². The third-order valence-corrected chi connectivity index (χ3v) is 13.8. The Bertz CT molecular complexity index is 1530. The fourth-order valence-electron chi connectivity index (χ4n) is 9.78. The maximum absolute atomic E-state index is 13.3. The van der Waals surface area contributed by atoms with Crippen LogP contribution < -0.4 is 10.1 Å². The summed E-state index contributed by atoms with van der Waals surface area (Å²) in [4.78, 5) is 12.9. The minimum Gasteiger partial charge on any atom is -0.410 e. The Hall–Kier alpha value is -2.57. The summed E-state index contributed by atoms with van der Waals surface area (Å²) in [7, 11) is 0.308. The zero-order valence-electron chi connectivity index (χ0n) is 29.5. The molecular formula is C39H50F5NO5S.